The van der Waals surface area contributed by atoms with Gasteiger partial charge in [-0.05, 0) is 32.6 Å². The highest BCUT2D eigenvalue weighted by molar-refractivity contribution is 5.79. The van der Waals surface area contributed by atoms with Gasteiger partial charge in [-0.2, -0.15) is 0 Å². The number of amides is 1. The number of nitrogens with one attached hydrogen (secondary N) is 2. The van der Waals surface area contributed by atoms with E-state index in [4.69, 9.17) is 5.11 Å². The third-order valence-corrected chi connectivity index (χ3v) is 4.72. The molecule has 0 heterocycles. The largest absolute Gasteiger partial charge is 0.480 e. The predicted octanol–water partition coefficient (Wildman–Crippen LogP) is 3.61. The Kier molecular flexibility index (Phi) is 11.0. The molecule has 0 spiro atoms. The fourth-order valence-corrected chi connectivity index (χ4v) is 3.29. The van der Waals surface area contributed by atoms with Crippen molar-refractivity contribution in [2.75, 3.05) is 6.61 Å². The first-order chi connectivity index (χ1) is 12.0. The highest BCUT2D eigenvalue weighted by atomic mass is 16.5. The van der Waals surface area contributed by atoms with Crippen molar-refractivity contribution in [3.8, 4) is 0 Å². The predicted molar refractivity (Wildman–Crippen MR) is 98.7 cm³/mol. The van der Waals surface area contributed by atoms with Gasteiger partial charge in [-0.3, -0.25) is 4.79 Å². The Bertz CT molecular complexity index is 386. The summed E-state index contributed by atoms with van der Waals surface area (Å²) >= 11 is 0. The van der Waals surface area contributed by atoms with Crippen LogP contribution in [0.15, 0.2) is 12.7 Å². The number of carbonyl (C=O) groups is 2. The minimum absolute atomic E-state index is 0.0676. The van der Waals surface area contributed by atoms with Gasteiger partial charge in [0.1, 0.15) is 12.6 Å². The normalized spacial score (nSPS) is 19.9. The van der Waals surface area contributed by atoms with Crippen molar-refractivity contribution in [3.63, 3.8) is 0 Å². The Morgan fingerprint density at radius 2 is 1.56 bits per heavy atom. The molecule has 3 N–H and O–H groups in total. The maximum atomic E-state index is 10.7. The lowest BCUT2D eigenvalue weighted by molar-refractivity contribution is -0.138. The molecular weight excluding hydrogens is 320 g/mol. The van der Waals surface area contributed by atoms with Gasteiger partial charge in [-0.15, -0.1) is 0 Å². The number of carboxylic acid groups (broad SMARTS) is 1. The molecule has 0 bridgehead atoms. The van der Waals surface area contributed by atoms with Crippen LogP contribution in [0.1, 0.15) is 71.1 Å². The van der Waals surface area contributed by atoms with E-state index in [1.54, 1.807) is 0 Å². The van der Waals surface area contributed by atoms with Crippen LogP contribution < -0.4 is 10.6 Å². The number of hydrogen-bond donors (Lipinski definition) is 3. The Labute approximate surface area is 151 Å². The number of alkyl carbamates (subject to hydrolysis) is 1. The van der Waals surface area contributed by atoms with E-state index in [2.05, 4.69) is 21.9 Å². The van der Waals surface area contributed by atoms with Crippen molar-refractivity contribution < 1.29 is 19.4 Å². The summed E-state index contributed by atoms with van der Waals surface area (Å²) < 4.78 is 4.48. The fraction of sp³-hybridized carbons (Fsp3) is 0.789. The number of rotatable bonds is 6. The van der Waals surface area contributed by atoms with E-state index in [1.165, 1.54) is 77.2 Å². The molecule has 0 aromatic rings. The van der Waals surface area contributed by atoms with Gasteiger partial charge in [0.05, 0.1) is 0 Å². The SMILES string of the molecule is C1CCC(NC2CCCCC2)CC1.C=CCOC(=O)N[C@@H](C)C(=O)O. The van der Waals surface area contributed by atoms with Crippen molar-refractivity contribution >= 4 is 12.1 Å². The lowest BCUT2D eigenvalue weighted by Gasteiger charge is -2.30. The molecule has 0 aromatic carbocycles. The zero-order chi connectivity index (χ0) is 18.5. The van der Waals surface area contributed by atoms with E-state index in [0.29, 0.717) is 0 Å². The van der Waals surface area contributed by atoms with Crippen LogP contribution in [0.4, 0.5) is 4.79 Å². The van der Waals surface area contributed by atoms with Gasteiger partial charge in [0, 0.05) is 12.1 Å². The summed E-state index contributed by atoms with van der Waals surface area (Å²) in [6, 6.07) is 0.802. The highest BCUT2D eigenvalue weighted by Gasteiger charge is 2.19. The number of hydrogen-bond acceptors (Lipinski definition) is 4. The number of ether oxygens (including phenoxy) is 1. The van der Waals surface area contributed by atoms with Gasteiger partial charge in [0.2, 0.25) is 0 Å². The second kappa shape index (κ2) is 12.8. The molecule has 1 atom stereocenters. The van der Waals surface area contributed by atoms with Gasteiger partial charge in [-0.1, -0.05) is 51.2 Å². The summed E-state index contributed by atoms with van der Waals surface area (Å²) in [6.07, 6.45) is 15.2. The molecule has 0 saturated heterocycles. The van der Waals surface area contributed by atoms with Crippen molar-refractivity contribution in [2.24, 2.45) is 0 Å². The van der Waals surface area contributed by atoms with Crippen LogP contribution >= 0.6 is 0 Å². The summed E-state index contributed by atoms with van der Waals surface area (Å²) in [6.45, 7) is 4.74. The van der Waals surface area contributed by atoms with Crippen molar-refractivity contribution in [1.29, 1.82) is 0 Å². The number of aliphatic carboxylic acids is 1. The topological polar surface area (TPSA) is 87.7 Å². The summed E-state index contributed by atoms with van der Waals surface area (Å²) in [4.78, 5) is 20.9. The van der Waals surface area contributed by atoms with Crippen LogP contribution in [-0.2, 0) is 9.53 Å². The van der Waals surface area contributed by atoms with Crippen LogP contribution in [-0.4, -0.2) is 41.9 Å². The summed E-state index contributed by atoms with van der Waals surface area (Å²) in [5.41, 5.74) is 0. The first-order valence-electron chi connectivity index (χ1n) is 9.56. The Balaban J connectivity index is 0.000000252. The molecule has 2 aliphatic rings. The monoisotopic (exact) mass is 354 g/mol. The molecule has 2 aliphatic carbocycles. The minimum atomic E-state index is -1.11. The van der Waals surface area contributed by atoms with E-state index in [1.807, 2.05) is 0 Å². The standard InChI is InChI=1S/C12H23N.C7H11NO4/c1-3-7-11(8-4-1)13-12-9-5-2-6-10-12;1-3-4-12-7(11)8-5(2)6(9)10/h11-13H,1-10H2;3,5H,1,4H2,2H3,(H,8,11)(H,9,10)/t;5-/m.0/s1. The fourth-order valence-electron chi connectivity index (χ4n) is 3.29. The zero-order valence-corrected chi connectivity index (χ0v) is 15.5. The molecule has 144 valence electrons. The van der Waals surface area contributed by atoms with E-state index >= 15 is 0 Å². The maximum absolute atomic E-state index is 10.7. The smallest absolute Gasteiger partial charge is 0.408 e. The van der Waals surface area contributed by atoms with Crippen LogP contribution in [0.25, 0.3) is 0 Å². The van der Waals surface area contributed by atoms with Gasteiger partial charge < -0.3 is 20.5 Å². The van der Waals surface area contributed by atoms with Crippen LogP contribution in [0, 0.1) is 0 Å². The molecule has 0 unspecified atom stereocenters. The quantitative estimate of drug-likeness (QED) is 0.634. The molecule has 2 fully saturated rings. The first-order valence-corrected chi connectivity index (χ1v) is 9.56. The van der Waals surface area contributed by atoms with Gasteiger partial charge in [0.15, 0.2) is 0 Å². The van der Waals surface area contributed by atoms with E-state index in [0.717, 1.165) is 12.1 Å². The van der Waals surface area contributed by atoms with Gasteiger partial charge in [0.25, 0.3) is 0 Å². The summed E-state index contributed by atoms with van der Waals surface area (Å²) in [7, 11) is 0. The van der Waals surface area contributed by atoms with Crippen molar-refractivity contribution in [2.45, 2.75) is 89.3 Å². The Morgan fingerprint density at radius 1 is 1.08 bits per heavy atom. The third-order valence-electron chi connectivity index (χ3n) is 4.72. The molecule has 1 amide bonds. The third kappa shape index (κ3) is 10.1. The lowest BCUT2D eigenvalue weighted by atomic mass is 9.91. The van der Waals surface area contributed by atoms with Crippen LogP contribution in [0.3, 0.4) is 0 Å². The molecule has 2 rings (SSSR count). The Morgan fingerprint density at radius 3 is 1.96 bits per heavy atom. The van der Waals surface area contributed by atoms with E-state index < -0.39 is 18.1 Å². The Hall–Kier alpha value is -1.56. The van der Waals surface area contributed by atoms with E-state index in [-0.39, 0.29) is 6.61 Å². The zero-order valence-electron chi connectivity index (χ0n) is 15.5. The molecule has 0 aromatic heterocycles. The molecule has 25 heavy (non-hydrogen) atoms. The highest BCUT2D eigenvalue weighted by Crippen LogP contribution is 2.22. The number of carbonyl (C=O) groups excluding carboxylic acids is 1. The second-order valence-electron chi connectivity index (χ2n) is 6.93. The maximum Gasteiger partial charge on any atom is 0.408 e. The van der Waals surface area contributed by atoms with Crippen LogP contribution in [0.5, 0.6) is 0 Å². The number of carboxylic acids is 1. The van der Waals surface area contributed by atoms with Crippen molar-refractivity contribution in [1.82, 2.24) is 10.6 Å². The lowest BCUT2D eigenvalue weighted by Crippen LogP contribution is -2.40. The summed E-state index contributed by atoms with van der Waals surface area (Å²) in [5.74, 6) is -1.11. The first kappa shape index (κ1) is 21.5. The molecule has 2 saturated carbocycles. The van der Waals surface area contributed by atoms with Gasteiger partial charge >= 0.3 is 12.1 Å². The van der Waals surface area contributed by atoms with E-state index in [9.17, 15) is 9.59 Å². The second-order valence-corrected chi connectivity index (χ2v) is 6.93. The molecule has 6 heteroatoms. The van der Waals surface area contributed by atoms with Crippen LogP contribution in [0.2, 0.25) is 0 Å². The average Bonchev–Trinajstić information content (AvgIpc) is 2.62. The molecule has 0 aliphatic heterocycles. The average molecular weight is 354 g/mol. The van der Waals surface area contributed by atoms with Gasteiger partial charge in [-0.25, -0.2) is 4.79 Å². The minimum Gasteiger partial charge on any atom is -0.480 e. The molecule has 6 nitrogen and oxygen atoms in total. The van der Waals surface area contributed by atoms with Crippen molar-refractivity contribution in [3.05, 3.63) is 12.7 Å². The summed E-state index contributed by atoms with van der Waals surface area (Å²) in [5, 5.41) is 14.3. The molecular formula is C19H34N2O4. The molecule has 0 radical (unpaired) electrons.